The van der Waals surface area contributed by atoms with Crippen molar-refractivity contribution < 1.29 is 14.9 Å². The topological polar surface area (TPSA) is 49.7 Å². The van der Waals surface area contributed by atoms with Gasteiger partial charge in [-0.2, -0.15) is 0 Å². The second kappa shape index (κ2) is 6.35. The summed E-state index contributed by atoms with van der Waals surface area (Å²) in [6, 6.07) is 10.7. The molecule has 2 aromatic carbocycles. The first kappa shape index (κ1) is 15.0. The van der Waals surface area contributed by atoms with Gasteiger partial charge in [-0.05, 0) is 46.9 Å². The minimum absolute atomic E-state index is 0.120. The van der Waals surface area contributed by atoms with Crippen molar-refractivity contribution in [3.05, 3.63) is 53.1 Å². The Morgan fingerprint density at radius 3 is 2.33 bits per heavy atom. The second-order valence-electron chi connectivity index (χ2n) is 5.28. The molecule has 0 amide bonds. The van der Waals surface area contributed by atoms with E-state index in [0.29, 0.717) is 11.7 Å². The van der Waals surface area contributed by atoms with Crippen LogP contribution in [0.1, 0.15) is 36.5 Å². The minimum Gasteiger partial charge on any atom is -0.508 e. The molecule has 0 atom stereocenters. The van der Waals surface area contributed by atoms with E-state index in [1.54, 1.807) is 30.3 Å². The Hall–Kier alpha value is -2.42. The molecule has 0 saturated heterocycles. The van der Waals surface area contributed by atoms with Crippen molar-refractivity contribution in [1.82, 2.24) is 0 Å². The van der Waals surface area contributed by atoms with Crippen molar-refractivity contribution in [3.63, 3.8) is 0 Å². The van der Waals surface area contributed by atoms with E-state index in [1.807, 2.05) is 12.2 Å². The Bertz CT molecular complexity index is 658. The van der Waals surface area contributed by atoms with E-state index in [4.69, 9.17) is 4.74 Å². The summed E-state index contributed by atoms with van der Waals surface area (Å²) in [5.74, 6) is 1.19. The van der Waals surface area contributed by atoms with Crippen molar-refractivity contribution in [2.24, 2.45) is 0 Å². The van der Waals surface area contributed by atoms with Crippen LogP contribution < -0.4 is 4.74 Å². The zero-order valence-electron chi connectivity index (χ0n) is 12.5. The third-order valence-electron chi connectivity index (χ3n) is 3.30. The van der Waals surface area contributed by atoms with Gasteiger partial charge in [-0.25, -0.2) is 0 Å². The highest BCUT2D eigenvalue weighted by Gasteiger charge is 2.03. The van der Waals surface area contributed by atoms with E-state index >= 15 is 0 Å². The zero-order chi connectivity index (χ0) is 15.4. The van der Waals surface area contributed by atoms with Crippen LogP contribution >= 0.6 is 0 Å². The maximum Gasteiger partial charge on any atom is 0.161 e. The van der Waals surface area contributed by atoms with Crippen molar-refractivity contribution in [2.75, 3.05) is 7.11 Å². The lowest BCUT2D eigenvalue weighted by Gasteiger charge is -2.07. The van der Waals surface area contributed by atoms with Gasteiger partial charge in [0.15, 0.2) is 11.5 Å². The summed E-state index contributed by atoms with van der Waals surface area (Å²) in [7, 11) is 1.52. The summed E-state index contributed by atoms with van der Waals surface area (Å²) in [6.07, 6.45) is 3.85. The summed E-state index contributed by atoms with van der Waals surface area (Å²) in [5, 5.41) is 19.3. The number of phenols is 2. The number of rotatable bonds is 4. The Morgan fingerprint density at radius 1 is 0.952 bits per heavy atom. The Kier molecular flexibility index (Phi) is 4.53. The lowest BCUT2D eigenvalue weighted by atomic mass is 10.00. The third kappa shape index (κ3) is 3.78. The van der Waals surface area contributed by atoms with Gasteiger partial charge >= 0.3 is 0 Å². The van der Waals surface area contributed by atoms with Gasteiger partial charge in [-0.15, -0.1) is 0 Å². The summed E-state index contributed by atoms with van der Waals surface area (Å²) >= 11 is 0. The standard InChI is InChI=1S/C18H20O3/c1-12(2)15-8-14(9-16(19)11-15)5-4-13-6-7-17(20)18(10-13)21-3/h4-12,19-20H,1-3H3/b5-4+. The molecular weight excluding hydrogens is 264 g/mol. The summed E-state index contributed by atoms with van der Waals surface area (Å²) in [4.78, 5) is 0. The molecule has 0 aliphatic carbocycles. The molecule has 0 aliphatic heterocycles. The van der Waals surface area contributed by atoms with Gasteiger partial charge in [0.25, 0.3) is 0 Å². The van der Waals surface area contributed by atoms with Gasteiger partial charge in [0.1, 0.15) is 5.75 Å². The van der Waals surface area contributed by atoms with Gasteiger partial charge in [0.05, 0.1) is 7.11 Å². The average molecular weight is 284 g/mol. The Morgan fingerprint density at radius 2 is 1.67 bits per heavy atom. The monoisotopic (exact) mass is 284 g/mol. The molecule has 2 aromatic rings. The van der Waals surface area contributed by atoms with Crippen LogP contribution in [-0.4, -0.2) is 17.3 Å². The van der Waals surface area contributed by atoms with Crippen molar-refractivity contribution in [3.8, 4) is 17.2 Å². The maximum atomic E-state index is 9.77. The van der Waals surface area contributed by atoms with Crippen LogP contribution in [0.2, 0.25) is 0 Å². The molecule has 0 aliphatic rings. The van der Waals surface area contributed by atoms with Crippen LogP contribution in [0.4, 0.5) is 0 Å². The quantitative estimate of drug-likeness (QED) is 0.818. The van der Waals surface area contributed by atoms with E-state index in [1.165, 1.54) is 7.11 Å². The van der Waals surface area contributed by atoms with Gasteiger partial charge < -0.3 is 14.9 Å². The fourth-order valence-corrected chi connectivity index (χ4v) is 2.08. The van der Waals surface area contributed by atoms with Crippen molar-refractivity contribution >= 4 is 12.2 Å². The Labute approximate surface area is 125 Å². The lowest BCUT2D eigenvalue weighted by Crippen LogP contribution is -1.88. The molecule has 0 aromatic heterocycles. The molecule has 0 radical (unpaired) electrons. The van der Waals surface area contributed by atoms with Crippen LogP contribution in [0.5, 0.6) is 17.2 Å². The van der Waals surface area contributed by atoms with E-state index < -0.39 is 0 Å². The van der Waals surface area contributed by atoms with Gasteiger partial charge in [-0.3, -0.25) is 0 Å². The number of aromatic hydroxyl groups is 2. The first-order chi connectivity index (χ1) is 9.99. The van der Waals surface area contributed by atoms with Crippen molar-refractivity contribution in [2.45, 2.75) is 19.8 Å². The van der Waals surface area contributed by atoms with Crippen LogP contribution in [0, 0.1) is 0 Å². The van der Waals surface area contributed by atoms with E-state index in [2.05, 4.69) is 19.9 Å². The average Bonchev–Trinajstić information content (AvgIpc) is 2.45. The maximum absolute atomic E-state index is 9.77. The predicted octanol–water partition coefficient (Wildman–Crippen LogP) is 4.40. The molecule has 0 unspecified atom stereocenters. The molecular formula is C18H20O3. The lowest BCUT2D eigenvalue weighted by molar-refractivity contribution is 0.373. The molecule has 0 spiro atoms. The first-order valence-corrected chi connectivity index (χ1v) is 6.88. The minimum atomic E-state index is 0.120. The highest BCUT2D eigenvalue weighted by Crippen LogP contribution is 2.28. The normalized spacial score (nSPS) is 11.2. The van der Waals surface area contributed by atoms with Crippen LogP contribution in [-0.2, 0) is 0 Å². The zero-order valence-corrected chi connectivity index (χ0v) is 12.5. The number of methoxy groups -OCH3 is 1. The molecule has 3 nitrogen and oxygen atoms in total. The SMILES string of the molecule is COc1cc(/C=C/c2cc(O)cc(C(C)C)c2)ccc1O. The summed E-state index contributed by atoms with van der Waals surface area (Å²) in [5.41, 5.74) is 2.95. The molecule has 3 heteroatoms. The number of benzene rings is 2. The van der Waals surface area contributed by atoms with Crippen molar-refractivity contribution in [1.29, 1.82) is 0 Å². The van der Waals surface area contributed by atoms with Crippen LogP contribution in [0.15, 0.2) is 36.4 Å². The second-order valence-corrected chi connectivity index (χ2v) is 5.28. The van der Waals surface area contributed by atoms with Crippen LogP contribution in [0.25, 0.3) is 12.2 Å². The Balaban J connectivity index is 2.29. The predicted molar refractivity (Wildman–Crippen MR) is 85.8 cm³/mol. The third-order valence-corrected chi connectivity index (χ3v) is 3.30. The molecule has 0 heterocycles. The smallest absolute Gasteiger partial charge is 0.161 e. The summed E-state index contributed by atoms with van der Waals surface area (Å²) in [6.45, 7) is 4.18. The molecule has 0 bridgehead atoms. The highest BCUT2D eigenvalue weighted by molar-refractivity contribution is 5.71. The van der Waals surface area contributed by atoms with E-state index in [0.717, 1.165) is 16.7 Å². The van der Waals surface area contributed by atoms with E-state index in [9.17, 15) is 10.2 Å². The molecule has 2 rings (SSSR count). The molecule has 2 N–H and O–H groups in total. The fraction of sp³-hybridized carbons (Fsp3) is 0.222. The number of hydrogen-bond donors (Lipinski definition) is 2. The molecule has 0 saturated carbocycles. The largest absolute Gasteiger partial charge is 0.508 e. The fourth-order valence-electron chi connectivity index (χ4n) is 2.08. The molecule has 0 fully saturated rings. The van der Waals surface area contributed by atoms with Gasteiger partial charge in [0, 0.05) is 0 Å². The van der Waals surface area contributed by atoms with Gasteiger partial charge in [0.2, 0.25) is 0 Å². The number of ether oxygens (including phenoxy) is 1. The van der Waals surface area contributed by atoms with Gasteiger partial charge in [-0.1, -0.05) is 38.1 Å². The number of hydrogen-bond acceptors (Lipinski definition) is 3. The summed E-state index contributed by atoms with van der Waals surface area (Å²) < 4.78 is 5.08. The first-order valence-electron chi connectivity index (χ1n) is 6.88. The highest BCUT2D eigenvalue weighted by atomic mass is 16.5. The number of phenolic OH excluding ortho intramolecular Hbond substituents is 2. The van der Waals surface area contributed by atoms with E-state index in [-0.39, 0.29) is 11.5 Å². The molecule has 21 heavy (non-hydrogen) atoms. The van der Waals surface area contributed by atoms with Crippen LogP contribution in [0.3, 0.4) is 0 Å². The molecule has 110 valence electrons.